The standard InChI is InChI=1S/C18H23NO3/c1-18(19,14-8-6-5-7-9-14)12-13-10-15(20-2)17(22-4)16(11-13)21-3/h5-11H,12,19H2,1-4H3. The SMILES string of the molecule is COc1cc(CC(C)(N)c2ccccc2)cc(OC)c1OC. The second-order valence-electron chi connectivity index (χ2n) is 5.49. The Kier molecular flexibility index (Phi) is 4.93. The van der Waals surface area contributed by atoms with E-state index in [9.17, 15) is 0 Å². The smallest absolute Gasteiger partial charge is 0.203 e. The van der Waals surface area contributed by atoms with Crippen LogP contribution < -0.4 is 19.9 Å². The van der Waals surface area contributed by atoms with Gasteiger partial charge in [-0.25, -0.2) is 0 Å². The maximum absolute atomic E-state index is 6.51. The molecule has 0 aliphatic carbocycles. The molecule has 0 heterocycles. The van der Waals surface area contributed by atoms with Crippen LogP contribution in [0.5, 0.6) is 17.2 Å². The van der Waals surface area contributed by atoms with Gasteiger partial charge in [0, 0.05) is 5.54 Å². The lowest BCUT2D eigenvalue weighted by Crippen LogP contribution is -2.35. The Labute approximate surface area is 131 Å². The minimum Gasteiger partial charge on any atom is -0.493 e. The Morgan fingerprint density at radius 2 is 1.45 bits per heavy atom. The number of methoxy groups -OCH3 is 3. The van der Waals surface area contributed by atoms with Gasteiger partial charge in [-0.05, 0) is 36.6 Å². The first-order chi connectivity index (χ1) is 10.5. The van der Waals surface area contributed by atoms with Crippen LogP contribution in [0.15, 0.2) is 42.5 Å². The molecule has 0 aliphatic rings. The third-order valence-corrected chi connectivity index (χ3v) is 3.73. The highest BCUT2D eigenvalue weighted by Crippen LogP contribution is 2.39. The molecule has 0 radical (unpaired) electrons. The second kappa shape index (κ2) is 6.71. The van der Waals surface area contributed by atoms with Gasteiger partial charge < -0.3 is 19.9 Å². The summed E-state index contributed by atoms with van der Waals surface area (Å²) < 4.78 is 16.1. The topological polar surface area (TPSA) is 53.7 Å². The van der Waals surface area contributed by atoms with Crippen molar-refractivity contribution in [1.29, 1.82) is 0 Å². The first kappa shape index (κ1) is 16.2. The van der Waals surface area contributed by atoms with E-state index < -0.39 is 5.54 Å². The minimum absolute atomic E-state index is 0.480. The Balaban J connectivity index is 2.37. The molecule has 1 unspecified atom stereocenters. The number of benzene rings is 2. The summed E-state index contributed by atoms with van der Waals surface area (Å²) in [7, 11) is 4.82. The van der Waals surface area contributed by atoms with Crippen molar-refractivity contribution in [3.8, 4) is 17.2 Å². The fourth-order valence-corrected chi connectivity index (χ4v) is 2.58. The first-order valence-electron chi connectivity index (χ1n) is 7.15. The van der Waals surface area contributed by atoms with Crippen molar-refractivity contribution in [2.24, 2.45) is 5.73 Å². The molecule has 0 saturated carbocycles. The highest BCUT2D eigenvalue weighted by atomic mass is 16.5. The summed E-state index contributed by atoms with van der Waals surface area (Å²) in [5.41, 5.74) is 8.15. The molecule has 22 heavy (non-hydrogen) atoms. The molecule has 1 atom stereocenters. The van der Waals surface area contributed by atoms with Gasteiger partial charge in [-0.1, -0.05) is 30.3 Å². The molecule has 4 nitrogen and oxygen atoms in total. The molecular formula is C18H23NO3. The molecule has 0 amide bonds. The lowest BCUT2D eigenvalue weighted by Gasteiger charge is -2.26. The molecular weight excluding hydrogens is 278 g/mol. The number of ether oxygens (including phenoxy) is 3. The van der Waals surface area contributed by atoms with Gasteiger partial charge in [0.25, 0.3) is 0 Å². The van der Waals surface area contributed by atoms with Crippen LogP contribution in [0.3, 0.4) is 0 Å². The van der Waals surface area contributed by atoms with E-state index in [0.717, 1.165) is 11.1 Å². The van der Waals surface area contributed by atoms with Gasteiger partial charge in [-0.3, -0.25) is 0 Å². The average molecular weight is 301 g/mol. The van der Waals surface area contributed by atoms with Gasteiger partial charge in [0.05, 0.1) is 21.3 Å². The molecule has 0 saturated heterocycles. The molecule has 2 aromatic rings. The van der Waals surface area contributed by atoms with Crippen molar-refractivity contribution >= 4 is 0 Å². The zero-order chi connectivity index (χ0) is 16.2. The van der Waals surface area contributed by atoms with E-state index in [4.69, 9.17) is 19.9 Å². The van der Waals surface area contributed by atoms with E-state index in [0.29, 0.717) is 23.7 Å². The quantitative estimate of drug-likeness (QED) is 0.890. The van der Waals surface area contributed by atoms with E-state index >= 15 is 0 Å². The Bertz CT molecular complexity index is 598. The molecule has 2 rings (SSSR count). The predicted molar refractivity (Wildman–Crippen MR) is 87.8 cm³/mol. The summed E-state index contributed by atoms with van der Waals surface area (Å²) in [6, 6.07) is 13.9. The van der Waals surface area contributed by atoms with Gasteiger partial charge in [0.2, 0.25) is 5.75 Å². The highest BCUT2D eigenvalue weighted by Gasteiger charge is 2.23. The van der Waals surface area contributed by atoms with Crippen molar-refractivity contribution < 1.29 is 14.2 Å². The first-order valence-corrected chi connectivity index (χ1v) is 7.15. The minimum atomic E-state index is -0.480. The third-order valence-electron chi connectivity index (χ3n) is 3.73. The summed E-state index contributed by atoms with van der Waals surface area (Å²) in [4.78, 5) is 0. The molecule has 2 N–H and O–H groups in total. The van der Waals surface area contributed by atoms with E-state index in [-0.39, 0.29) is 0 Å². The van der Waals surface area contributed by atoms with Gasteiger partial charge in [-0.15, -0.1) is 0 Å². The van der Waals surface area contributed by atoms with Crippen molar-refractivity contribution in [2.45, 2.75) is 18.9 Å². The van der Waals surface area contributed by atoms with Crippen molar-refractivity contribution in [3.05, 3.63) is 53.6 Å². The largest absolute Gasteiger partial charge is 0.493 e. The van der Waals surface area contributed by atoms with Crippen LogP contribution in [-0.4, -0.2) is 21.3 Å². The molecule has 0 spiro atoms. The van der Waals surface area contributed by atoms with Crippen LogP contribution in [0.4, 0.5) is 0 Å². The van der Waals surface area contributed by atoms with Crippen molar-refractivity contribution in [3.63, 3.8) is 0 Å². The zero-order valence-electron chi connectivity index (χ0n) is 13.6. The van der Waals surface area contributed by atoms with Crippen LogP contribution in [-0.2, 0) is 12.0 Å². The van der Waals surface area contributed by atoms with Crippen LogP contribution in [0.2, 0.25) is 0 Å². The van der Waals surface area contributed by atoms with E-state index in [1.807, 2.05) is 49.4 Å². The van der Waals surface area contributed by atoms with Gasteiger partial charge in [0.15, 0.2) is 11.5 Å². The normalized spacial score (nSPS) is 13.3. The Morgan fingerprint density at radius 1 is 0.909 bits per heavy atom. The van der Waals surface area contributed by atoms with Crippen LogP contribution in [0, 0.1) is 0 Å². The summed E-state index contributed by atoms with van der Waals surface area (Å²) in [5, 5.41) is 0. The summed E-state index contributed by atoms with van der Waals surface area (Å²) >= 11 is 0. The molecule has 118 valence electrons. The van der Waals surface area contributed by atoms with Crippen LogP contribution in [0.25, 0.3) is 0 Å². The number of hydrogen-bond donors (Lipinski definition) is 1. The molecule has 0 fully saturated rings. The average Bonchev–Trinajstić information content (AvgIpc) is 2.54. The fourth-order valence-electron chi connectivity index (χ4n) is 2.58. The zero-order valence-corrected chi connectivity index (χ0v) is 13.6. The molecule has 0 aromatic heterocycles. The lowest BCUT2D eigenvalue weighted by molar-refractivity contribution is 0.323. The summed E-state index contributed by atoms with van der Waals surface area (Å²) in [6.07, 6.45) is 0.660. The summed E-state index contributed by atoms with van der Waals surface area (Å²) in [6.45, 7) is 2.02. The molecule has 2 aromatic carbocycles. The van der Waals surface area contributed by atoms with Gasteiger partial charge in [0.1, 0.15) is 0 Å². The third kappa shape index (κ3) is 3.34. The van der Waals surface area contributed by atoms with E-state index in [2.05, 4.69) is 0 Å². The van der Waals surface area contributed by atoms with E-state index in [1.54, 1.807) is 21.3 Å². The summed E-state index contributed by atoms with van der Waals surface area (Å²) in [5.74, 6) is 1.87. The number of nitrogens with two attached hydrogens (primary N) is 1. The predicted octanol–water partition coefficient (Wildman–Crippen LogP) is 3.13. The van der Waals surface area contributed by atoms with Crippen LogP contribution >= 0.6 is 0 Å². The number of hydrogen-bond acceptors (Lipinski definition) is 4. The monoisotopic (exact) mass is 301 g/mol. The Hall–Kier alpha value is -2.20. The maximum atomic E-state index is 6.51. The second-order valence-corrected chi connectivity index (χ2v) is 5.49. The Morgan fingerprint density at radius 3 is 1.91 bits per heavy atom. The van der Waals surface area contributed by atoms with Crippen molar-refractivity contribution in [1.82, 2.24) is 0 Å². The lowest BCUT2D eigenvalue weighted by atomic mass is 9.86. The van der Waals surface area contributed by atoms with Gasteiger partial charge >= 0.3 is 0 Å². The maximum Gasteiger partial charge on any atom is 0.203 e. The van der Waals surface area contributed by atoms with E-state index in [1.165, 1.54) is 0 Å². The van der Waals surface area contributed by atoms with Crippen LogP contribution in [0.1, 0.15) is 18.1 Å². The molecule has 4 heteroatoms. The fraction of sp³-hybridized carbons (Fsp3) is 0.333. The molecule has 0 aliphatic heterocycles. The van der Waals surface area contributed by atoms with Crippen molar-refractivity contribution in [2.75, 3.05) is 21.3 Å². The molecule has 0 bridgehead atoms. The van der Waals surface area contributed by atoms with Gasteiger partial charge in [-0.2, -0.15) is 0 Å². The highest BCUT2D eigenvalue weighted by molar-refractivity contribution is 5.54. The number of rotatable bonds is 6.